The van der Waals surface area contributed by atoms with Gasteiger partial charge < -0.3 is 19.6 Å². The first-order valence-corrected chi connectivity index (χ1v) is 9.00. The van der Waals surface area contributed by atoms with E-state index in [9.17, 15) is 4.79 Å². The van der Waals surface area contributed by atoms with E-state index in [1.807, 2.05) is 31.5 Å². The molecule has 3 heterocycles. The fraction of sp³-hybridized carbons (Fsp3) is 0.556. The van der Waals surface area contributed by atoms with Crippen LogP contribution in [-0.2, 0) is 0 Å². The Morgan fingerprint density at radius 2 is 2.08 bits per heavy atom. The Morgan fingerprint density at radius 1 is 1.38 bits per heavy atom. The Bertz CT molecular complexity index is 711. The van der Waals surface area contributed by atoms with Crippen LogP contribution in [0.25, 0.3) is 0 Å². The average Bonchev–Trinajstić information content (AvgIpc) is 3.12. The first-order valence-electron chi connectivity index (χ1n) is 9.00. The highest BCUT2D eigenvalue weighted by Gasteiger charge is 2.24. The number of aromatic nitrogens is 3. The second kappa shape index (κ2) is 8.16. The van der Waals surface area contributed by atoms with Gasteiger partial charge in [0.25, 0.3) is 0 Å². The van der Waals surface area contributed by atoms with Crippen molar-refractivity contribution in [2.45, 2.75) is 32.7 Å². The van der Waals surface area contributed by atoms with Gasteiger partial charge in [-0.25, -0.2) is 4.79 Å². The summed E-state index contributed by atoms with van der Waals surface area (Å²) in [6.07, 6.45) is 5.77. The van der Waals surface area contributed by atoms with Crippen molar-refractivity contribution in [2.24, 2.45) is 5.92 Å². The van der Waals surface area contributed by atoms with Crippen molar-refractivity contribution in [3.8, 4) is 0 Å². The van der Waals surface area contributed by atoms with E-state index < -0.39 is 0 Å². The first-order chi connectivity index (χ1) is 12.5. The van der Waals surface area contributed by atoms with Crippen molar-refractivity contribution < 1.29 is 9.32 Å². The van der Waals surface area contributed by atoms with Gasteiger partial charge in [-0.15, -0.1) is 0 Å². The van der Waals surface area contributed by atoms with E-state index in [0.29, 0.717) is 24.2 Å². The molecule has 140 valence electrons. The maximum atomic E-state index is 12.4. The van der Waals surface area contributed by atoms with Crippen LogP contribution in [0.1, 0.15) is 37.5 Å². The topological polar surface area (TPSA) is 87.4 Å². The number of anilines is 1. The molecule has 0 aromatic carbocycles. The van der Waals surface area contributed by atoms with Gasteiger partial charge in [-0.3, -0.25) is 4.98 Å². The molecule has 0 aliphatic carbocycles. The van der Waals surface area contributed by atoms with Crippen molar-refractivity contribution in [3.63, 3.8) is 0 Å². The van der Waals surface area contributed by atoms with Gasteiger partial charge >= 0.3 is 6.03 Å². The van der Waals surface area contributed by atoms with Crippen molar-refractivity contribution in [1.82, 2.24) is 25.3 Å². The zero-order valence-corrected chi connectivity index (χ0v) is 15.6. The Morgan fingerprint density at radius 3 is 2.69 bits per heavy atom. The minimum absolute atomic E-state index is 0.120. The second-order valence-electron chi connectivity index (χ2n) is 6.79. The molecule has 1 saturated heterocycles. The maximum absolute atomic E-state index is 12.4. The van der Waals surface area contributed by atoms with Gasteiger partial charge in [0.1, 0.15) is 6.04 Å². The Kier molecular flexibility index (Phi) is 5.70. The van der Waals surface area contributed by atoms with Crippen molar-refractivity contribution in [1.29, 1.82) is 0 Å². The van der Waals surface area contributed by atoms with E-state index in [4.69, 9.17) is 4.52 Å². The average molecular weight is 358 g/mol. The maximum Gasteiger partial charge on any atom is 0.317 e. The summed E-state index contributed by atoms with van der Waals surface area (Å²) in [6.45, 7) is 6.32. The number of nitrogens with zero attached hydrogens (tertiary/aromatic N) is 5. The monoisotopic (exact) mass is 358 g/mol. The number of pyridine rings is 1. The van der Waals surface area contributed by atoms with Crippen LogP contribution in [-0.4, -0.2) is 52.7 Å². The zero-order valence-electron chi connectivity index (χ0n) is 15.6. The van der Waals surface area contributed by atoms with Gasteiger partial charge in [-0.1, -0.05) is 5.16 Å². The van der Waals surface area contributed by atoms with Gasteiger partial charge in [0, 0.05) is 44.8 Å². The predicted molar refractivity (Wildman–Crippen MR) is 97.8 cm³/mol. The van der Waals surface area contributed by atoms with Crippen LogP contribution in [0.3, 0.4) is 0 Å². The molecule has 26 heavy (non-hydrogen) atoms. The summed E-state index contributed by atoms with van der Waals surface area (Å²) >= 11 is 0. The summed E-state index contributed by atoms with van der Waals surface area (Å²) in [4.78, 5) is 24.6. The third kappa shape index (κ3) is 4.30. The van der Waals surface area contributed by atoms with Gasteiger partial charge in [0.2, 0.25) is 5.89 Å². The molecule has 0 spiro atoms. The Balaban J connectivity index is 1.43. The number of carbonyl (C=O) groups is 1. The third-order valence-electron chi connectivity index (χ3n) is 4.99. The van der Waals surface area contributed by atoms with Crippen LogP contribution in [0.2, 0.25) is 0 Å². The molecule has 2 amide bonds. The van der Waals surface area contributed by atoms with E-state index >= 15 is 0 Å². The molecule has 1 unspecified atom stereocenters. The summed E-state index contributed by atoms with van der Waals surface area (Å²) in [7, 11) is 1.74. The second-order valence-corrected chi connectivity index (χ2v) is 6.79. The highest BCUT2D eigenvalue weighted by molar-refractivity contribution is 5.74. The number of piperidine rings is 1. The molecule has 0 saturated carbocycles. The van der Waals surface area contributed by atoms with Crippen LogP contribution < -0.4 is 10.2 Å². The van der Waals surface area contributed by atoms with Crippen molar-refractivity contribution >= 4 is 11.7 Å². The molecule has 1 fully saturated rings. The lowest BCUT2D eigenvalue weighted by molar-refractivity contribution is 0.178. The van der Waals surface area contributed by atoms with E-state index in [0.717, 1.165) is 25.9 Å². The van der Waals surface area contributed by atoms with Gasteiger partial charge in [0.15, 0.2) is 5.82 Å². The summed E-state index contributed by atoms with van der Waals surface area (Å²) in [5.41, 5.74) is 1.21. The minimum atomic E-state index is -0.260. The predicted octanol–water partition coefficient (Wildman–Crippen LogP) is 2.39. The van der Waals surface area contributed by atoms with Gasteiger partial charge in [0.05, 0.1) is 0 Å². The number of nitrogens with one attached hydrogen (secondary N) is 1. The number of rotatable bonds is 5. The summed E-state index contributed by atoms with van der Waals surface area (Å²) < 4.78 is 5.15. The molecule has 1 aliphatic heterocycles. The summed E-state index contributed by atoms with van der Waals surface area (Å²) in [6, 6.07) is 3.70. The van der Waals surface area contributed by atoms with Crippen LogP contribution in [0, 0.1) is 12.8 Å². The molecule has 0 bridgehead atoms. The zero-order chi connectivity index (χ0) is 18.5. The molecule has 1 atom stereocenters. The van der Waals surface area contributed by atoms with Crippen molar-refractivity contribution in [3.05, 3.63) is 36.2 Å². The largest absolute Gasteiger partial charge is 0.371 e. The number of carbonyl (C=O) groups excluding carboxylic acids is 1. The Hall–Kier alpha value is -2.64. The Labute approximate surface area is 153 Å². The standard InChI is InChI=1S/C18H26N6O2/c1-13(17-21-14(2)22-26-17)23(3)18(25)20-12-15-6-10-24(11-7-15)16-4-8-19-9-5-16/h4-5,8-9,13,15H,6-7,10-12H2,1-3H3,(H,20,25). The number of amides is 2. The normalized spacial score (nSPS) is 16.3. The molecule has 2 aromatic rings. The number of urea groups is 1. The van der Waals surface area contributed by atoms with Crippen molar-refractivity contribution in [2.75, 3.05) is 31.6 Å². The van der Waals surface area contributed by atoms with Crippen LogP contribution in [0.4, 0.5) is 10.5 Å². The quantitative estimate of drug-likeness (QED) is 0.883. The number of hydrogen-bond acceptors (Lipinski definition) is 6. The molecule has 1 N–H and O–H groups in total. The number of hydrogen-bond donors (Lipinski definition) is 1. The van der Waals surface area contributed by atoms with E-state index in [2.05, 4.69) is 25.3 Å². The molecule has 1 aliphatic rings. The minimum Gasteiger partial charge on any atom is -0.371 e. The van der Waals surface area contributed by atoms with Gasteiger partial charge in [-0.05, 0) is 44.7 Å². The molecule has 8 heteroatoms. The third-order valence-corrected chi connectivity index (χ3v) is 4.99. The van der Waals surface area contributed by atoms with Crippen LogP contribution >= 0.6 is 0 Å². The fourth-order valence-electron chi connectivity index (χ4n) is 3.13. The highest BCUT2D eigenvalue weighted by Crippen LogP contribution is 2.22. The molecular weight excluding hydrogens is 332 g/mol. The lowest BCUT2D eigenvalue weighted by Gasteiger charge is -2.34. The summed E-state index contributed by atoms with van der Waals surface area (Å²) in [5.74, 6) is 1.51. The van der Waals surface area contributed by atoms with Crippen LogP contribution in [0.5, 0.6) is 0 Å². The number of aryl methyl sites for hydroxylation is 1. The lowest BCUT2D eigenvalue weighted by Crippen LogP contribution is -2.43. The van der Waals surface area contributed by atoms with E-state index in [1.54, 1.807) is 18.9 Å². The van der Waals surface area contributed by atoms with Gasteiger partial charge in [-0.2, -0.15) is 4.98 Å². The molecule has 8 nitrogen and oxygen atoms in total. The highest BCUT2D eigenvalue weighted by atomic mass is 16.5. The van der Waals surface area contributed by atoms with Crippen LogP contribution in [0.15, 0.2) is 29.0 Å². The fourth-order valence-corrected chi connectivity index (χ4v) is 3.13. The first kappa shape index (κ1) is 18.2. The molecular formula is C18H26N6O2. The van der Waals surface area contributed by atoms with E-state index in [1.165, 1.54) is 5.69 Å². The summed E-state index contributed by atoms with van der Waals surface area (Å²) in [5, 5.41) is 6.81. The molecule has 0 radical (unpaired) electrons. The molecule has 2 aromatic heterocycles. The smallest absolute Gasteiger partial charge is 0.317 e. The SMILES string of the molecule is Cc1noc(C(C)N(C)C(=O)NCC2CCN(c3ccncc3)CC2)n1. The molecule has 3 rings (SSSR count). The lowest BCUT2D eigenvalue weighted by atomic mass is 9.96. The van der Waals surface area contributed by atoms with E-state index in [-0.39, 0.29) is 12.1 Å².